The number of benzene rings is 2. The number of carbonyl (C=O) groups is 1. The molecule has 3 aromatic rings. The first-order valence-corrected chi connectivity index (χ1v) is 14.5. The number of carbonyl (C=O) groups excluding carboxylic acids is 1. The zero-order valence-electron chi connectivity index (χ0n) is 24.5. The summed E-state index contributed by atoms with van der Waals surface area (Å²) in [6, 6.07) is 9.40. The molecule has 42 heavy (non-hydrogen) atoms. The Morgan fingerprint density at radius 1 is 1.02 bits per heavy atom. The van der Waals surface area contributed by atoms with Gasteiger partial charge in [-0.05, 0) is 54.8 Å². The zero-order chi connectivity index (χ0) is 30.2. The van der Waals surface area contributed by atoms with Gasteiger partial charge in [-0.1, -0.05) is 43.2 Å². The molecule has 0 bridgehead atoms. The van der Waals surface area contributed by atoms with Crippen LogP contribution in [0.15, 0.2) is 57.5 Å². The number of ether oxygens (including phenoxy) is 5. The van der Waals surface area contributed by atoms with Crippen LogP contribution >= 0.6 is 11.3 Å². The Labute approximate surface area is 248 Å². The Morgan fingerprint density at radius 3 is 2.52 bits per heavy atom. The van der Waals surface area contributed by atoms with Gasteiger partial charge in [0.2, 0.25) is 0 Å². The number of allylic oxidation sites excluding steroid dienone is 1. The van der Waals surface area contributed by atoms with Crippen molar-refractivity contribution in [1.29, 1.82) is 0 Å². The number of nitrogens with zero attached hydrogens (tertiary/aromatic N) is 2. The van der Waals surface area contributed by atoms with Crippen LogP contribution in [0.1, 0.15) is 50.3 Å². The van der Waals surface area contributed by atoms with Crippen molar-refractivity contribution in [2.75, 3.05) is 41.2 Å². The molecule has 0 aliphatic carbocycles. The highest BCUT2D eigenvalue weighted by Crippen LogP contribution is 2.36. The average Bonchev–Trinajstić information content (AvgIpc) is 3.29. The molecule has 10 nitrogen and oxygen atoms in total. The Morgan fingerprint density at radius 2 is 1.81 bits per heavy atom. The number of hydrogen-bond donors (Lipinski definition) is 1. The van der Waals surface area contributed by atoms with Crippen molar-refractivity contribution < 1.29 is 33.6 Å². The van der Waals surface area contributed by atoms with Crippen LogP contribution in [0, 0.1) is 0 Å². The molecule has 0 amide bonds. The Hall–Kier alpha value is -4.09. The molecule has 1 aliphatic heterocycles. The lowest BCUT2D eigenvalue weighted by molar-refractivity contribution is -0.140. The molecule has 4 rings (SSSR count). The van der Waals surface area contributed by atoms with Gasteiger partial charge in [0.05, 0.1) is 49.3 Å². The molecule has 0 radical (unpaired) electrons. The normalized spacial score (nSPS) is 14.8. The second-order valence-electron chi connectivity index (χ2n) is 9.61. The summed E-state index contributed by atoms with van der Waals surface area (Å²) in [5.41, 5.74) is 1.66. The van der Waals surface area contributed by atoms with E-state index in [0.29, 0.717) is 44.3 Å². The van der Waals surface area contributed by atoms with Crippen molar-refractivity contribution in [3.8, 4) is 23.0 Å². The minimum Gasteiger partial charge on any atom is -0.504 e. The standard InChI is InChI=1S/C31H36N2O8S/c1-6-7-8-13-40-23-12-10-21(18-25(23)39-5)28-27(30(36)41-15-14-37-3)19(2)32-31-33(28)29(35)26(42-31)17-20-9-11-22(34)24(16-20)38-4/h9-12,16-18,28,34H,6-8,13-15H2,1-5H3/b26-17-. The fourth-order valence-electron chi connectivity index (χ4n) is 4.64. The molecular formula is C31H36N2O8S. The van der Waals surface area contributed by atoms with Crippen LogP contribution in [0.2, 0.25) is 0 Å². The molecule has 224 valence electrons. The number of unbranched alkanes of at least 4 members (excludes halogenated alkanes) is 2. The fourth-order valence-corrected chi connectivity index (χ4v) is 5.68. The number of phenolic OH excluding ortho intramolecular Hbond substituents is 1. The number of esters is 1. The summed E-state index contributed by atoms with van der Waals surface area (Å²) in [5, 5.41) is 9.98. The second kappa shape index (κ2) is 14.2. The van der Waals surface area contributed by atoms with E-state index >= 15 is 0 Å². The van der Waals surface area contributed by atoms with E-state index in [1.54, 1.807) is 44.4 Å². The number of fused-ring (bicyclic) bond motifs is 1. The number of aromatic nitrogens is 1. The van der Waals surface area contributed by atoms with E-state index in [-0.39, 0.29) is 35.8 Å². The van der Waals surface area contributed by atoms with Crippen molar-refractivity contribution in [3.63, 3.8) is 0 Å². The molecule has 0 spiro atoms. The highest BCUT2D eigenvalue weighted by molar-refractivity contribution is 7.07. The van der Waals surface area contributed by atoms with Crippen LogP contribution in [-0.2, 0) is 14.3 Å². The predicted octanol–water partition coefficient (Wildman–Crippen LogP) is 3.72. The minimum atomic E-state index is -0.823. The van der Waals surface area contributed by atoms with Crippen LogP contribution in [0.5, 0.6) is 23.0 Å². The van der Waals surface area contributed by atoms with Gasteiger partial charge in [-0.2, -0.15) is 0 Å². The molecule has 0 fully saturated rings. The van der Waals surface area contributed by atoms with Gasteiger partial charge in [-0.3, -0.25) is 9.36 Å². The van der Waals surface area contributed by atoms with Crippen molar-refractivity contribution in [2.45, 2.75) is 39.2 Å². The Balaban J connectivity index is 1.84. The van der Waals surface area contributed by atoms with Gasteiger partial charge in [0.15, 0.2) is 27.8 Å². The van der Waals surface area contributed by atoms with Gasteiger partial charge < -0.3 is 28.8 Å². The molecule has 1 N–H and O–H groups in total. The van der Waals surface area contributed by atoms with E-state index in [9.17, 15) is 14.7 Å². The van der Waals surface area contributed by atoms with E-state index in [4.69, 9.17) is 23.7 Å². The first-order chi connectivity index (χ1) is 20.3. The van der Waals surface area contributed by atoms with E-state index < -0.39 is 12.0 Å². The highest BCUT2D eigenvalue weighted by atomic mass is 32.1. The quantitative estimate of drug-likeness (QED) is 0.234. The lowest BCUT2D eigenvalue weighted by atomic mass is 9.95. The zero-order valence-corrected chi connectivity index (χ0v) is 25.3. The van der Waals surface area contributed by atoms with Crippen LogP contribution in [0.25, 0.3) is 6.08 Å². The van der Waals surface area contributed by atoms with Gasteiger partial charge in [-0.15, -0.1) is 0 Å². The summed E-state index contributed by atoms with van der Waals surface area (Å²) in [5.74, 6) is 0.764. The first kappa shape index (κ1) is 30.9. The third kappa shape index (κ3) is 6.69. The largest absolute Gasteiger partial charge is 0.504 e. The summed E-state index contributed by atoms with van der Waals surface area (Å²) < 4.78 is 29.3. The number of phenols is 1. The van der Waals surface area contributed by atoms with Crippen LogP contribution in [-0.4, -0.2) is 56.8 Å². The molecule has 1 unspecified atom stereocenters. The monoisotopic (exact) mass is 596 g/mol. The predicted molar refractivity (Wildman–Crippen MR) is 159 cm³/mol. The maximum absolute atomic E-state index is 13.9. The fraction of sp³-hybridized carbons (Fsp3) is 0.387. The number of aromatic hydroxyl groups is 1. The number of rotatable bonds is 13. The molecule has 0 saturated carbocycles. The third-order valence-corrected chi connectivity index (χ3v) is 7.76. The van der Waals surface area contributed by atoms with E-state index in [0.717, 1.165) is 19.3 Å². The van der Waals surface area contributed by atoms with Crippen LogP contribution < -0.4 is 29.1 Å². The number of hydrogen-bond acceptors (Lipinski definition) is 10. The van der Waals surface area contributed by atoms with Gasteiger partial charge in [0, 0.05) is 7.11 Å². The van der Waals surface area contributed by atoms with Crippen LogP contribution in [0.3, 0.4) is 0 Å². The van der Waals surface area contributed by atoms with Crippen LogP contribution in [0.4, 0.5) is 0 Å². The van der Waals surface area contributed by atoms with E-state index in [1.807, 2.05) is 6.07 Å². The summed E-state index contributed by atoms with van der Waals surface area (Å²) in [7, 11) is 4.53. The summed E-state index contributed by atoms with van der Waals surface area (Å²) >= 11 is 1.20. The summed E-state index contributed by atoms with van der Waals surface area (Å²) in [6.07, 6.45) is 4.76. The van der Waals surface area contributed by atoms with Crippen molar-refractivity contribution in [2.24, 2.45) is 4.99 Å². The lowest BCUT2D eigenvalue weighted by Gasteiger charge is -2.25. The van der Waals surface area contributed by atoms with Crippen molar-refractivity contribution in [3.05, 3.63) is 78.5 Å². The van der Waals surface area contributed by atoms with Crippen molar-refractivity contribution in [1.82, 2.24) is 4.57 Å². The molecule has 1 aliphatic rings. The average molecular weight is 597 g/mol. The number of thiazole rings is 1. The van der Waals surface area contributed by atoms with Gasteiger partial charge in [0.25, 0.3) is 5.56 Å². The molecular weight excluding hydrogens is 560 g/mol. The maximum Gasteiger partial charge on any atom is 0.338 e. The van der Waals surface area contributed by atoms with E-state index in [2.05, 4.69) is 11.9 Å². The van der Waals surface area contributed by atoms with Gasteiger partial charge in [-0.25, -0.2) is 9.79 Å². The van der Waals surface area contributed by atoms with E-state index in [1.165, 1.54) is 36.2 Å². The molecule has 2 heterocycles. The number of methoxy groups -OCH3 is 3. The lowest BCUT2D eigenvalue weighted by Crippen LogP contribution is -2.40. The molecule has 2 aromatic carbocycles. The molecule has 1 aromatic heterocycles. The minimum absolute atomic E-state index is 0.00454. The summed E-state index contributed by atoms with van der Waals surface area (Å²) in [4.78, 5) is 32.4. The third-order valence-electron chi connectivity index (χ3n) is 6.77. The molecule has 11 heteroatoms. The first-order valence-electron chi connectivity index (χ1n) is 13.7. The van der Waals surface area contributed by atoms with Gasteiger partial charge >= 0.3 is 5.97 Å². The summed E-state index contributed by atoms with van der Waals surface area (Å²) in [6.45, 7) is 4.70. The van der Waals surface area contributed by atoms with Crippen molar-refractivity contribution >= 4 is 23.4 Å². The topological polar surface area (TPSA) is 118 Å². The maximum atomic E-state index is 13.9. The SMILES string of the molecule is CCCCCOc1ccc(C2C(C(=O)OCCOC)=C(C)N=c3s/c(=C\c4ccc(O)c(OC)c4)c(=O)n32)cc1OC. The Kier molecular flexibility index (Phi) is 10.4. The molecule has 0 saturated heterocycles. The smallest absolute Gasteiger partial charge is 0.338 e. The Bertz CT molecular complexity index is 1640. The van der Waals surface area contributed by atoms with Gasteiger partial charge in [0.1, 0.15) is 6.61 Å². The highest BCUT2D eigenvalue weighted by Gasteiger charge is 2.34. The molecule has 1 atom stereocenters. The second-order valence-corrected chi connectivity index (χ2v) is 10.6.